The summed E-state index contributed by atoms with van der Waals surface area (Å²) in [7, 11) is 0. The van der Waals surface area contributed by atoms with Crippen LogP contribution in [0.2, 0.25) is 0 Å². The van der Waals surface area contributed by atoms with Crippen molar-refractivity contribution in [1.29, 1.82) is 0 Å². The largest absolute Gasteiger partial charge is 0.349 e. The predicted molar refractivity (Wildman–Crippen MR) is 72.5 cm³/mol. The molecule has 18 heavy (non-hydrogen) atoms. The van der Waals surface area contributed by atoms with E-state index in [1.54, 1.807) is 6.07 Å². The lowest BCUT2D eigenvalue weighted by molar-refractivity contribution is 0.0937. The molecule has 0 radical (unpaired) electrons. The molecule has 0 aromatic carbocycles. The van der Waals surface area contributed by atoms with Gasteiger partial charge in [0.1, 0.15) is 5.69 Å². The molecule has 1 rings (SSSR count). The van der Waals surface area contributed by atoms with Crippen LogP contribution in [0.1, 0.15) is 62.6 Å². The zero-order valence-electron chi connectivity index (χ0n) is 11.7. The van der Waals surface area contributed by atoms with E-state index in [9.17, 15) is 4.79 Å². The Labute approximate surface area is 109 Å². The zero-order valence-corrected chi connectivity index (χ0v) is 11.7. The molecule has 0 fully saturated rings. The molecule has 0 aliphatic rings. The molecule has 5 heteroatoms. The summed E-state index contributed by atoms with van der Waals surface area (Å²) in [6, 6.07) is 1.79. The summed E-state index contributed by atoms with van der Waals surface area (Å²) >= 11 is 0. The van der Waals surface area contributed by atoms with E-state index in [0.29, 0.717) is 18.2 Å². The molecule has 102 valence electrons. The van der Waals surface area contributed by atoms with Gasteiger partial charge in [-0.15, -0.1) is 0 Å². The standard InChI is InChI=1S/C13H24N4O/c1-5-13(14,6-2)8-15-12(18)11-7-10(9(3)4)16-17-11/h7,9H,5-6,8,14H2,1-4H3,(H,15,18)(H,16,17). The van der Waals surface area contributed by atoms with E-state index in [0.717, 1.165) is 18.5 Å². The van der Waals surface area contributed by atoms with Crippen molar-refractivity contribution in [2.75, 3.05) is 6.54 Å². The summed E-state index contributed by atoms with van der Waals surface area (Å²) < 4.78 is 0. The van der Waals surface area contributed by atoms with E-state index in [2.05, 4.69) is 15.5 Å². The minimum Gasteiger partial charge on any atom is -0.349 e. The Morgan fingerprint density at radius 3 is 2.56 bits per heavy atom. The molecule has 0 unspecified atom stereocenters. The highest BCUT2D eigenvalue weighted by Gasteiger charge is 2.22. The third-order valence-electron chi connectivity index (χ3n) is 3.46. The Hall–Kier alpha value is -1.36. The van der Waals surface area contributed by atoms with Crippen LogP contribution in [-0.2, 0) is 0 Å². The molecule has 0 aliphatic heterocycles. The highest BCUT2D eigenvalue weighted by molar-refractivity contribution is 5.92. The maximum Gasteiger partial charge on any atom is 0.271 e. The molecular weight excluding hydrogens is 228 g/mol. The van der Waals surface area contributed by atoms with Gasteiger partial charge in [0.25, 0.3) is 5.91 Å². The van der Waals surface area contributed by atoms with Gasteiger partial charge in [0.15, 0.2) is 0 Å². The van der Waals surface area contributed by atoms with E-state index in [4.69, 9.17) is 5.73 Å². The Bertz CT molecular complexity index is 393. The second-order valence-corrected chi connectivity index (χ2v) is 5.12. The molecule has 1 heterocycles. The second-order valence-electron chi connectivity index (χ2n) is 5.12. The third-order valence-corrected chi connectivity index (χ3v) is 3.46. The van der Waals surface area contributed by atoms with E-state index < -0.39 is 0 Å². The monoisotopic (exact) mass is 252 g/mol. The number of nitrogens with one attached hydrogen (secondary N) is 2. The molecule has 1 aromatic heterocycles. The van der Waals surface area contributed by atoms with Crippen molar-refractivity contribution in [3.05, 3.63) is 17.5 Å². The number of aromatic nitrogens is 2. The first-order chi connectivity index (χ1) is 8.41. The van der Waals surface area contributed by atoms with Gasteiger partial charge in [0.05, 0.1) is 0 Å². The van der Waals surface area contributed by atoms with Crippen LogP contribution in [0.25, 0.3) is 0 Å². The SMILES string of the molecule is CCC(N)(CC)CNC(=O)c1cc(C(C)C)[nH]n1. The van der Waals surface area contributed by atoms with Crippen molar-refractivity contribution in [2.24, 2.45) is 5.73 Å². The Morgan fingerprint density at radius 2 is 2.11 bits per heavy atom. The summed E-state index contributed by atoms with van der Waals surface area (Å²) in [5, 5.41) is 9.73. The number of hydrogen-bond donors (Lipinski definition) is 3. The first-order valence-electron chi connectivity index (χ1n) is 6.54. The fraction of sp³-hybridized carbons (Fsp3) is 0.692. The minimum atomic E-state index is -0.327. The molecule has 0 bridgehead atoms. The van der Waals surface area contributed by atoms with E-state index >= 15 is 0 Å². The molecule has 0 saturated heterocycles. The van der Waals surface area contributed by atoms with Crippen LogP contribution >= 0.6 is 0 Å². The van der Waals surface area contributed by atoms with Crippen molar-refractivity contribution in [3.63, 3.8) is 0 Å². The Kier molecular flexibility index (Phi) is 4.90. The summed E-state index contributed by atoms with van der Waals surface area (Å²) in [6.45, 7) is 8.63. The molecule has 0 spiro atoms. The summed E-state index contributed by atoms with van der Waals surface area (Å²) in [4.78, 5) is 11.9. The summed E-state index contributed by atoms with van der Waals surface area (Å²) in [6.07, 6.45) is 1.67. The van der Waals surface area contributed by atoms with E-state index in [1.807, 2.05) is 27.7 Å². The minimum absolute atomic E-state index is 0.171. The van der Waals surface area contributed by atoms with Gasteiger partial charge >= 0.3 is 0 Å². The van der Waals surface area contributed by atoms with E-state index in [-0.39, 0.29) is 11.4 Å². The van der Waals surface area contributed by atoms with Crippen molar-refractivity contribution in [2.45, 2.75) is 52.0 Å². The smallest absolute Gasteiger partial charge is 0.271 e. The van der Waals surface area contributed by atoms with Crippen LogP contribution in [0.3, 0.4) is 0 Å². The average Bonchev–Trinajstić information content (AvgIpc) is 2.85. The first kappa shape index (κ1) is 14.7. The maximum atomic E-state index is 11.9. The first-order valence-corrected chi connectivity index (χ1v) is 6.54. The van der Waals surface area contributed by atoms with Gasteiger partial charge in [0, 0.05) is 17.8 Å². The van der Waals surface area contributed by atoms with Gasteiger partial charge in [0.2, 0.25) is 0 Å². The number of hydrogen-bond acceptors (Lipinski definition) is 3. The predicted octanol–water partition coefficient (Wildman–Crippen LogP) is 1.78. The van der Waals surface area contributed by atoms with Crippen molar-refractivity contribution < 1.29 is 4.79 Å². The van der Waals surface area contributed by atoms with Gasteiger partial charge in [-0.1, -0.05) is 27.7 Å². The zero-order chi connectivity index (χ0) is 13.8. The van der Waals surface area contributed by atoms with Crippen molar-refractivity contribution >= 4 is 5.91 Å². The highest BCUT2D eigenvalue weighted by Crippen LogP contribution is 2.13. The molecule has 1 aromatic rings. The van der Waals surface area contributed by atoms with Gasteiger partial charge in [-0.25, -0.2) is 0 Å². The normalized spacial score (nSPS) is 11.9. The number of rotatable bonds is 6. The molecular formula is C13H24N4O. The molecule has 0 atom stereocenters. The fourth-order valence-corrected chi connectivity index (χ4v) is 1.60. The number of H-pyrrole nitrogens is 1. The molecule has 0 saturated carbocycles. The lowest BCUT2D eigenvalue weighted by atomic mass is 9.94. The van der Waals surface area contributed by atoms with Gasteiger partial charge in [-0.05, 0) is 24.8 Å². The van der Waals surface area contributed by atoms with Crippen LogP contribution in [0.4, 0.5) is 0 Å². The number of nitrogens with two attached hydrogens (primary N) is 1. The molecule has 1 amide bonds. The quantitative estimate of drug-likeness (QED) is 0.721. The average molecular weight is 252 g/mol. The van der Waals surface area contributed by atoms with Crippen molar-refractivity contribution in [1.82, 2.24) is 15.5 Å². The van der Waals surface area contributed by atoms with Crippen LogP contribution in [0.5, 0.6) is 0 Å². The number of aromatic amines is 1. The second kappa shape index (κ2) is 6.00. The Morgan fingerprint density at radius 1 is 1.50 bits per heavy atom. The fourth-order valence-electron chi connectivity index (χ4n) is 1.60. The van der Waals surface area contributed by atoms with Crippen LogP contribution in [-0.4, -0.2) is 28.2 Å². The Balaban J connectivity index is 2.60. The van der Waals surface area contributed by atoms with Gasteiger partial charge in [-0.2, -0.15) is 5.10 Å². The summed E-state index contributed by atoms with van der Waals surface area (Å²) in [5.74, 6) is 0.161. The number of nitrogens with zero attached hydrogens (tertiary/aromatic N) is 1. The highest BCUT2D eigenvalue weighted by atomic mass is 16.1. The van der Waals surface area contributed by atoms with Crippen molar-refractivity contribution in [3.8, 4) is 0 Å². The van der Waals surface area contributed by atoms with Crippen LogP contribution in [0.15, 0.2) is 6.07 Å². The van der Waals surface area contributed by atoms with Crippen LogP contribution in [0, 0.1) is 0 Å². The lowest BCUT2D eigenvalue weighted by Gasteiger charge is -2.26. The third kappa shape index (κ3) is 3.57. The lowest BCUT2D eigenvalue weighted by Crippen LogP contribution is -2.49. The van der Waals surface area contributed by atoms with Crippen LogP contribution < -0.4 is 11.1 Å². The molecule has 4 N–H and O–H groups in total. The number of carbonyl (C=O) groups excluding carboxylic acids is 1. The van der Waals surface area contributed by atoms with Gasteiger partial charge < -0.3 is 11.1 Å². The maximum absolute atomic E-state index is 11.9. The topological polar surface area (TPSA) is 83.8 Å². The molecule has 5 nitrogen and oxygen atoms in total. The molecule has 0 aliphatic carbocycles. The number of carbonyl (C=O) groups is 1. The van der Waals surface area contributed by atoms with Gasteiger partial charge in [-0.3, -0.25) is 9.89 Å². The number of amides is 1. The van der Waals surface area contributed by atoms with E-state index in [1.165, 1.54) is 0 Å². The summed E-state index contributed by atoms with van der Waals surface area (Å²) in [5.41, 5.74) is 7.19.